The monoisotopic (exact) mass is 608 g/mol. The van der Waals surface area contributed by atoms with Crippen molar-refractivity contribution in [3.8, 4) is 5.88 Å². The lowest BCUT2D eigenvalue weighted by atomic mass is 9.93. The van der Waals surface area contributed by atoms with E-state index in [-0.39, 0.29) is 12.7 Å². The number of rotatable bonds is 12. The molecule has 228 valence electrons. The summed E-state index contributed by atoms with van der Waals surface area (Å²) in [6, 6.07) is 16.1. The van der Waals surface area contributed by atoms with Crippen LogP contribution < -0.4 is 9.64 Å². The maximum absolute atomic E-state index is 14.1. The zero-order chi connectivity index (χ0) is 30.2. The van der Waals surface area contributed by atoms with Crippen LogP contribution in [0.2, 0.25) is 5.02 Å². The highest BCUT2D eigenvalue weighted by Gasteiger charge is 2.24. The van der Waals surface area contributed by atoms with E-state index in [0.717, 1.165) is 68.7 Å². The van der Waals surface area contributed by atoms with E-state index in [4.69, 9.17) is 26.1 Å². The van der Waals surface area contributed by atoms with Crippen molar-refractivity contribution in [2.45, 2.75) is 38.7 Å². The topological polar surface area (TPSA) is 75.2 Å². The average Bonchev–Trinajstić information content (AvgIpc) is 3.02. The molecule has 1 aromatic heterocycles. The van der Waals surface area contributed by atoms with Gasteiger partial charge in [-0.1, -0.05) is 35.9 Å². The van der Waals surface area contributed by atoms with Gasteiger partial charge >= 0.3 is 6.09 Å². The van der Waals surface area contributed by atoms with Crippen molar-refractivity contribution in [3.63, 3.8) is 0 Å². The number of ether oxygens (including phenoxy) is 2. The number of piperidine rings is 1. The fraction of sp³-hybridized carbons (Fsp3) is 0.424. The molecule has 2 saturated heterocycles. The smallest absolute Gasteiger partial charge is 0.409 e. The van der Waals surface area contributed by atoms with Crippen molar-refractivity contribution in [3.05, 3.63) is 87.8 Å². The van der Waals surface area contributed by atoms with Gasteiger partial charge in [0, 0.05) is 72.2 Å². The Labute approximate surface area is 257 Å². The second kappa shape index (κ2) is 14.7. The largest absolute Gasteiger partial charge is 0.473 e. The molecule has 5 rings (SSSR count). The molecule has 0 radical (unpaired) electrons. The third-order valence-corrected chi connectivity index (χ3v) is 8.47. The Morgan fingerprint density at radius 2 is 1.91 bits per heavy atom. The maximum Gasteiger partial charge on any atom is 0.409 e. The zero-order valence-corrected chi connectivity index (χ0v) is 25.3. The number of carbonyl (C=O) groups excluding carboxylic acids is 2. The Morgan fingerprint density at radius 1 is 1.09 bits per heavy atom. The normalized spacial score (nSPS) is 16.2. The van der Waals surface area contributed by atoms with Gasteiger partial charge in [-0.15, -0.1) is 0 Å². The molecule has 0 N–H and O–H groups in total. The molecule has 2 fully saturated rings. The molecule has 0 saturated carbocycles. The number of aromatic nitrogens is 1. The summed E-state index contributed by atoms with van der Waals surface area (Å²) < 4.78 is 25.2. The van der Waals surface area contributed by atoms with Crippen LogP contribution >= 0.6 is 11.6 Å². The highest BCUT2D eigenvalue weighted by Crippen LogP contribution is 2.29. The first-order valence-corrected chi connectivity index (χ1v) is 15.3. The Morgan fingerprint density at radius 3 is 2.67 bits per heavy atom. The van der Waals surface area contributed by atoms with Gasteiger partial charge in [-0.2, -0.15) is 0 Å². The van der Waals surface area contributed by atoms with Crippen molar-refractivity contribution in [1.29, 1.82) is 0 Å². The van der Waals surface area contributed by atoms with Crippen molar-refractivity contribution >= 4 is 29.7 Å². The summed E-state index contributed by atoms with van der Waals surface area (Å²) in [7, 11) is 0. The Hall–Kier alpha value is -3.69. The number of amides is 1. The average molecular weight is 609 g/mol. The zero-order valence-electron chi connectivity index (χ0n) is 24.5. The molecule has 0 atom stereocenters. The molecule has 0 aliphatic carbocycles. The molecule has 43 heavy (non-hydrogen) atoms. The minimum absolute atomic E-state index is 0.0859. The van der Waals surface area contributed by atoms with Crippen LogP contribution in [0.1, 0.15) is 52.4 Å². The maximum atomic E-state index is 14.1. The van der Waals surface area contributed by atoms with E-state index in [9.17, 15) is 14.0 Å². The standard InChI is InChI=1S/C33H38ClFN4O4/c1-24-6-7-25(22-40)20-31(24)38(17-18-39-12-3-19-42-33(39)41)16-15-37-13-10-26(11-14-37)30-4-2-5-32(36-30)43-23-27-8-9-28(34)21-29(27)35/h2,4-9,20-22,26H,3,10-19,23H2,1H3. The molecule has 3 aromatic rings. The number of pyridine rings is 1. The van der Waals surface area contributed by atoms with Crippen molar-refractivity contribution in [2.75, 3.05) is 57.3 Å². The number of cyclic esters (lactones) is 1. The third-order valence-electron chi connectivity index (χ3n) is 8.23. The van der Waals surface area contributed by atoms with E-state index in [1.54, 1.807) is 23.1 Å². The van der Waals surface area contributed by atoms with Crippen molar-refractivity contribution in [2.24, 2.45) is 0 Å². The Balaban J connectivity index is 1.16. The summed E-state index contributed by atoms with van der Waals surface area (Å²) in [4.78, 5) is 35.0. The summed E-state index contributed by atoms with van der Waals surface area (Å²) in [5.41, 5.74) is 4.18. The van der Waals surface area contributed by atoms with Gasteiger partial charge in [-0.25, -0.2) is 14.2 Å². The van der Waals surface area contributed by atoms with Gasteiger partial charge in [0.05, 0.1) is 6.61 Å². The highest BCUT2D eigenvalue weighted by molar-refractivity contribution is 6.30. The predicted octanol–water partition coefficient (Wildman–Crippen LogP) is 6.10. The van der Waals surface area contributed by atoms with Gasteiger partial charge in [0.15, 0.2) is 0 Å². The van der Waals surface area contributed by atoms with Gasteiger partial charge < -0.3 is 24.2 Å². The summed E-state index contributed by atoms with van der Waals surface area (Å²) in [5.74, 6) is 0.408. The number of halogens is 2. The lowest BCUT2D eigenvalue weighted by Gasteiger charge is -2.35. The first-order chi connectivity index (χ1) is 20.9. The SMILES string of the molecule is Cc1ccc(C=O)cc1N(CCN1CCC(c2cccc(OCc3ccc(Cl)cc3F)n2)CC1)CCN1CCCOC1=O. The van der Waals surface area contributed by atoms with Gasteiger partial charge in [0.2, 0.25) is 5.88 Å². The molecular weight excluding hydrogens is 571 g/mol. The van der Waals surface area contributed by atoms with Crippen LogP contribution in [0.4, 0.5) is 14.9 Å². The fourth-order valence-electron chi connectivity index (χ4n) is 5.68. The molecule has 0 unspecified atom stereocenters. The van der Waals surface area contributed by atoms with Gasteiger partial charge in [-0.3, -0.25) is 4.79 Å². The van der Waals surface area contributed by atoms with Crippen LogP contribution in [0.3, 0.4) is 0 Å². The summed E-state index contributed by atoms with van der Waals surface area (Å²) >= 11 is 5.85. The number of anilines is 1. The molecule has 0 bridgehead atoms. The molecule has 2 aliphatic rings. The van der Waals surface area contributed by atoms with Crippen LogP contribution in [0.25, 0.3) is 0 Å². The summed E-state index contributed by atoms with van der Waals surface area (Å²) in [6.07, 6.45) is 3.40. The Kier molecular flexibility index (Phi) is 10.5. The third kappa shape index (κ3) is 8.24. The van der Waals surface area contributed by atoms with E-state index in [2.05, 4.69) is 9.80 Å². The van der Waals surface area contributed by atoms with Crippen LogP contribution in [0, 0.1) is 12.7 Å². The number of aryl methyl sites for hydroxylation is 1. The molecular formula is C33H38ClFN4O4. The van der Waals surface area contributed by atoms with Crippen LogP contribution in [0.5, 0.6) is 5.88 Å². The first-order valence-electron chi connectivity index (χ1n) is 14.9. The van der Waals surface area contributed by atoms with E-state index in [1.165, 1.54) is 6.07 Å². The number of hydrogen-bond donors (Lipinski definition) is 0. The lowest BCUT2D eigenvalue weighted by molar-refractivity contribution is 0.0739. The number of hydrogen-bond acceptors (Lipinski definition) is 7. The molecule has 8 nitrogen and oxygen atoms in total. The quantitative estimate of drug-likeness (QED) is 0.230. The highest BCUT2D eigenvalue weighted by atomic mass is 35.5. The summed E-state index contributed by atoms with van der Waals surface area (Å²) in [6.45, 7) is 8.06. The number of benzene rings is 2. The Bertz CT molecular complexity index is 1420. The van der Waals surface area contributed by atoms with Crippen LogP contribution in [-0.2, 0) is 11.3 Å². The van der Waals surface area contributed by atoms with Gasteiger partial charge in [-0.05, 0) is 69.1 Å². The van der Waals surface area contributed by atoms with Gasteiger partial charge in [0.25, 0.3) is 0 Å². The molecule has 0 spiro atoms. The number of likely N-dealkylation sites (tertiary alicyclic amines) is 1. The van der Waals surface area contributed by atoms with E-state index < -0.39 is 5.82 Å². The second-order valence-corrected chi connectivity index (χ2v) is 11.6. The summed E-state index contributed by atoms with van der Waals surface area (Å²) in [5, 5.41) is 0.353. The molecule has 3 heterocycles. The fourth-order valence-corrected chi connectivity index (χ4v) is 5.84. The number of aldehydes is 1. The number of carbonyl (C=O) groups is 2. The van der Waals surface area contributed by atoms with E-state index in [0.29, 0.717) is 54.2 Å². The van der Waals surface area contributed by atoms with Gasteiger partial charge in [0.1, 0.15) is 18.7 Å². The van der Waals surface area contributed by atoms with Crippen molar-refractivity contribution < 1.29 is 23.5 Å². The molecule has 2 aliphatic heterocycles. The number of nitrogens with zero attached hydrogens (tertiary/aromatic N) is 4. The molecule has 2 aromatic carbocycles. The molecule has 10 heteroatoms. The first kappa shape index (κ1) is 30.8. The van der Waals surface area contributed by atoms with Crippen molar-refractivity contribution in [1.82, 2.24) is 14.8 Å². The molecule has 1 amide bonds. The predicted molar refractivity (Wildman–Crippen MR) is 165 cm³/mol. The lowest BCUT2D eigenvalue weighted by Crippen LogP contribution is -2.45. The minimum Gasteiger partial charge on any atom is -0.473 e. The van der Waals surface area contributed by atoms with Crippen LogP contribution in [0.15, 0.2) is 54.6 Å². The van der Waals surface area contributed by atoms with E-state index in [1.807, 2.05) is 37.3 Å². The second-order valence-electron chi connectivity index (χ2n) is 11.1. The minimum atomic E-state index is -0.393. The van der Waals surface area contributed by atoms with Crippen LogP contribution in [-0.4, -0.2) is 79.6 Å². The van der Waals surface area contributed by atoms with E-state index >= 15 is 0 Å².